The Morgan fingerprint density at radius 3 is 2.32 bits per heavy atom. The van der Waals surface area contributed by atoms with Crippen LogP contribution in [-0.4, -0.2) is 56.4 Å². The molecule has 1 aromatic rings. The highest BCUT2D eigenvalue weighted by Crippen LogP contribution is 2.21. The summed E-state index contributed by atoms with van der Waals surface area (Å²) in [6, 6.07) is 4.59. The molecule has 10 heteroatoms. The molecule has 0 bridgehead atoms. The van der Waals surface area contributed by atoms with Crippen LogP contribution in [0, 0.1) is 0 Å². The summed E-state index contributed by atoms with van der Waals surface area (Å²) in [5, 5.41) is 4.61. The number of urea groups is 1. The van der Waals surface area contributed by atoms with Crippen molar-refractivity contribution in [1.29, 1.82) is 0 Å². The number of ether oxygens (including phenoxy) is 1. The Labute approximate surface area is 164 Å². The summed E-state index contributed by atoms with van der Waals surface area (Å²) in [4.78, 5) is 35.3. The molecule has 1 atom stereocenters. The molecule has 28 heavy (non-hydrogen) atoms. The standard InChI is InChI=1S/C18H25N3O6S/c1-3-13(2)19-18(24)20-16(22)12-27-17(23)14-6-8-15(9-7-14)28(25,26)21-10-4-5-11-21/h6-9,13H,3-5,10-12H2,1-2H3,(H2,19,20,22,24)/t13-/m1/s1. The lowest BCUT2D eigenvalue weighted by Crippen LogP contribution is -2.44. The van der Waals surface area contributed by atoms with Crippen LogP contribution in [0.5, 0.6) is 0 Å². The van der Waals surface area contributed by atoms with Crippen LogP contribution in [0.1, 0.15) is 43.5 Å². The van der Waals surface area contributed by atoms with E-state index in [0.29, 0.717) is 19.5 Å². The Morgan fingerprint density at radius 2 is 1.75 bits per heavy atom. The van der Waals surface area contributed by atoms with Crippen molar-refractivity contribution in [2.75, 3.05) is 19.7 Å². The molecule has 9 nitrogen and oxygen atoms in total. The van der Waals surface area contributed by atoms with Crippen LogP contribution in [0.15, 0.2) is 29.2 Å². The molecule has 3 amide bonds. The predicted molar refractivity (Wildman–Crippen MR) is 101 cm³/mol. The molecule has 2 N–H and O–H groups in total. The molecule has 0 aliphatic carbocycles. The summed E-state index contributed by atoms with van der Waals surface area (Å²) in [6.45, 7) is 4.03. The van der Waals surface area contributed by atoms with Gasteiger partial charge in [-0.05, 0) is 50.5 Å². The van der Waals surface area contributed by atoms with Crippen molar-refractivity contribution in [2.24, 2.45) is 0 Å². The van der Waals surface area contributed by atoms with E-state index in [1.165, 1.54) is 28.6 Å². The maximum absolute atomic E-state index is 12.5. The number of carbonyl (C=O) groups is 3. The van der Waals surface area contributed by atoms with Gasteiger partial charge in [0.15, 0.2) is 6.61 Å². The van der Waals surface area contributed by atoms with E-state index in [9.17, 15) is 22.8 Å². The van der Waals surface area contributed by atoms with Crippen molar-refractivity contribution in [2.45, 2.75) is 44.0 Å². The first kappa shape index (κ1) is 21.8. The average Bonchev–Trinajstić information content (AvgIpc) is 3.21. The number of esters is 1. The lowest BCUT2D eigenvalue weighted by molar-refractivity contribution is -0.123. The molecule has 1 aliphatic rings. The van der Waals surface area contributed by atoms with E-state index in [-0.39, 0.29) is 16.5 Å². The topological polar surface area (TPSA) is 122 Å². The van der Waals surface area contributed by atoms with E-state index in [0.717, 1.165) is 12.8 Å². The zero-order chi connectivity index (χ0) is 20.7. The Bertz CT molecular complexity index is 816. The fourth-order valence-electron chi connectivity index (χ4n) is 2.58. The number of nitrogens with one attached hydrogen (secondary N) is 2. The van der Waals surface area contributed by atoms with Gasteiger partial charge in [0.25, 0.3) is 5.91 Å². The van der Waals surface area contributed by atoms with Gasteiger partial charge in [0, 0.05) is 19.1 Å². The van der Waals surface area contributed by atoms with Crippen molar-refractivity contribution < 1.29 is 27.5 Å². The molecule has 1 saturated heterocycles. The number of carbonyl (C=O) groups excluding carboxylic acids is 3. The third-order valence-electron chi connectivity index (χ3n) is 4.37. The summed E-state index contributed by atoms with van der Waals surface area (Å²) in [5.74, 6) is -1.55. The Balaban J connectivity index is 1.87. The zero-order valence-corrected chi connectivity index (χ0v) is 16.8. The highest BCUT2D eigenvalue weighted by Gasteiger charge is 2.27. The van der Waals surface area contributed by atoms with Gasteiger partial charge in [-0.25, -0.2) is 18.0 Å². The van der Waals surface area contributed by atoms with E-state index in [2.05, 4.69) is 10.6 Å². The Hall–Kier alpha value is -2.46. The van der Waals surface area contributed by atoms with Crippen molar-refractivity contribution in [3.05, 3.63) is 29.8 Å². The van der Waals surface area contributed by atoms with Crippen molar-refractivity contribution >= 4 is 27.9 Å². The van der Waals surface area contributed by atoms with Crippen LogP contribution in [0.3, 0.4) is 0 Å². The van der Waals surface area contributed by atoms with Gasteiger partial charge in [-0.15, -0.1) is 0 Å². The van der Waals surface area contributed by atoms with E-state index in [1.54, 1.807) is 6.92 Å². The number of rotatable bonds is 7. The fourth-order valence-corrected chi connectivity index (χ4v) is 4.10. The van der Waals surface area contributed by atoms with Crippen LogP contribution < -0.4 is 10.6 Å². The monoisotopic (exact) mass is 411 g/mol. The van der Waals surface area contributed by atoms with Gasteiger partial charge in [0.05, 0.1) is 10.5 Å². The minimum atomic E-state index is -3.56. The number of hydrogen-bond donors (Lipinski definition) is 2. The van der Waals surface area contributed by atoms with E-state index in [4.69, 9.17) is 4.74 Å². The van der Waals surface area contributed by atoms with Crippen molar-refractivity contribution in [3.63, 3.8) is 0 Å². The molecule has 0 spiro atoms. The molecule has 1 heterocycles. The van der Waals surface area contributed by atoms with E-state index in [1.807, 2.05) is 6.92 Å². The molecule has 0 unspecified atom stereocenters. The molecule has 154 valence electrons. The van der Waals surface area contributed by atoms with Gasteiger partial charge in [0.2, 0.25) is 10.0 Å². The lowest BCUT2D eigenvalue weighted by atomic mass is 10.2. The highest BCUT2D eigenvalue weighted by molar-refractivity contribution is 7.89. The highest BCUT2D eigenvalue weighted by atomic mass is 32.2. The third kappa shape index (κ3) is 5.77. The van der Waals surface area contributed by atoms with Gasteiger partial charge >= 0.3 is 12.0 Å². The quantitative estimate of drug-likeness (QED) is 0.651. The molecule has 0 radical (unpaired) electrons. The molecule has 1 fully saturated rings. The molecular weight excluding hydrogens is 386 g/mol. The number of amides is 3. The van der Waals surface area contributed by atoms with Gasteiger partial charge < -0.3 is 10.1 Å². The van der Waals surface area contributed by atoms with Crippen LogP contribution in [0.2, 0.25) is 0 Å². The Morgan fingerprint density at radius 1 is 1.14 bits per heavy atom. The maximum Gasteiger partial charge on any atom is 0.338 e. The van der Waals surface area contributed by atoms with Crippen LogP contribution in [0.4, 0.5) is 4.79 Å². The van der Waals surface area contributed by atoms with Crippen LogP contribution in [-0.2, 0) is 19.6 Å². The number of imide groups is 1. The van der Waals surface area contributed by atoms with E-state index < -0.39 is 34.5 Å². The summed E-state index contributed by atoms with van der Waals surface area (Å²) in [5.41, 5.74) is 0.109. The SMILES string of the molecule is CC[C@@H](C)NC(=O)NC(=O)COC(=O)c1ccc(S(=O)(=O)N2CCCC2)cc1. The fraction of sp³-hybridized carbons (Fsp3) is 0.500. The minimum Gasteiger partial charge on any atom is -0.452 e. The molecular formula is C18H25N3O6S. The molecule has 1 aliphatic heterocycles. The minimum absolute atomic E-state index is 0.0919. The Kier molecular flexibility index (Phi) is 7.53. The van der Waals surface area contributed by atoms with Crippen LogP contribution >= 0.6 is 0 Å². The van der Waals surface area contributed by atoms with Crippen molar-refractivity contribution in [3.8, 4) is 0 Å². The van der Waals surface area contributed by atoms with Crippen LogP contribution in [0.25, 0.3) is 0 Å². The van der Waals surface area contributed by atoms with Gasteiger partial charge in [-0.1, -0.05) is 6.92 Å². The predicted octanol–water partition coefficient (Wildman–Crippen LogP) is 1.25. The normalized spacial score (nSPS) is 15.6. The summed E-state index contributed by atoms with van der Waals surface area (Å²) in [7, 11) is -3.56. The second-order valence-corrected chi connectivity index (χ2v) is 8.48. The zero-order valence-electron chi connectivity index (χ0n) is 15.9. The summed E-state index contributed by atoms with van der Waals surface area (Å²) in [6.07, 6.45) is 2.38. The molecule has 0 saturated carbocycles. The largest absolute Gasteiger partial charge is 0.452 e. The summed E-state index contributed by atoms with van der Waals surface area (Å²) < 4.78 is 31.2. The smallest absolute Gasteiger partial charge is 0.338 e. The maximum atomic E-state index is 12.5. The number of nitrogens with zero attached hydrogens (tertiary/aromatic N) is 1. The molecule has 2 rings (SSSR count). The summed E-state index contributed by atoms with van der Waals surface area (Å²) >= 11 is 0. The number of sulfonamides is 1. The lowest BCUT2D eigenvalue weighted by Gasteiger charge is -2.15. The molecule has 1 aromatic carbocycles. The average molecular weight is 411 g/mol. The van der Waals surface area contributed by atoms with Crippen molar-refractivity contribution in [1.82, 2.24) is 14.9 Å². The van der Waals surface area contributed by atoms with Gasteiger partial charge in [0.1, 0.15) is 0 Å². The van der Waals surface area contributed by atoms with Gasteiger partial charge in [-0.3, -0.25) is 10.1 Å². The first-order valence-electron chi connectivity index (χ1n) is 9.11. The first-order chi connectivity index (χ1) is 13.2. The third-order valence-corrected chi connectivity index (χ3v) is 6.28. The first-order valence-corrected chi connectivity index (χ1v) is 10.6. The molecule has 0 aromatic heterocycles. The number of hydrogen-bond acceptors (Lipinski definition) is 6. The number of benzene rings is 1. The second kappa shape index (κ2) is 9.65. The van der Waals surface area contributed by atoms with E-state index >= 15 is 0 Å². The van der Waals surface area contributed by atoms with Gasteiger partial charge in [-0.2, -0.15) is 4.31 Å². The second-order valence-electron chi connectivity index (χ2n) is 6.54.